The van der Waals surface area contributed by atoms with E-state index < -0.39 is 0 Å². The first kappa shape index (κ1) is 21.0. The molecular weight excluding hydrogens is 390 g/mol. The van der Waals surface area contributed by atoms with Crippen molar-refractivity contribution >= 4 is 57.4 Å². The minimum atomic E-state index is -0.249. The van der Waals surface area contributed by atoms with E-state index in [9.17, 15) is 9.59 Å². The summed E-state index contributed by atoms with van der Waals surface area (Å²) in [4.78, 5) is 27.9. The molecule has 0 bridgehead atoms. The molecule has 0 saturated carbocycles. The molecule has 0 radical (unpaired) electrons. The van der Waals surface area contributed by atoms with Crippen LogP contribution in [0, 0.1) is 5.92 Å². The highest BCUT2D eigenvalue weighted by Gasteiger charge is 2.20. The van der Waals surface area contributed by atoms with Crippen LogP contribution in [0.15, 0.2) is 24.3 Å². The fraction of sp³-hybridized carbons (Fsp3) is 0.500. The van der Waals surface area contributed by atoms with Crippen LogP contribution in [-0.2, 0) is 9.59 Å². The molecule has 0 aliphatic carbocycles. The second kappa shape index (κ2) is 10.1. The standard InChI is InChI=1S/C18H24ClN3O2S2/c1-13-4-3-9-22(10-13)18(25)26-12-17(24)21(2)11-16(23)20-15-7-5-14(19)6-8-15/h5-8,13H,3-4,9-12H2,1-2H3,(H,20,23)/t13-/m1/s1. The number of benzene rings is 1. The molecular formula is C18H24ClN3O2S2. The van der Waals surface area contributed by atoms with Crippen LogP contribution in [0.25, 0.3) is 0 Å². The monoisotopic (exact) mass is 413 g/mol. The maximum Gasteiger partial charge on any atom is 0.243 e. The molecule has 2 rings (SSSR count). The van der Waals surface area contributed by atoms with E-state index in [1.165, 1.54) is 23.1 Å². The highest BCUT2D eigenvalue weighted by atomic mass is 35.5. The predicted molar refractivity (Wildman–Crippen MR) is 113 cm³/mol. The van der Waals surface area contributed by atoms with Gasteiger partial charge in [0.05, 0.1) is 12.3 Å². The number of carbonyl (C=O) groups is 2. The molecule has 1 atom stereocenters. The Kier molecular flexibility index (Phi) is 8.18. The SMILES string of the molecule is C[C@@H]1CCCN(C(=S)SCC(=O)N(C)CC(=O)Nc2ccc(Cl)cc2)C1. The summed E-state index contributed by atoms with van der Waals surface area (Å²) in [6.07, 6.45) is 2.37. The van der Waals surface area contributed by atoms with Gasteiger partial charge in [-0.05, 0) is 43.0 Å². The van der Waals surface area contributed by atoms with E-state index in [2.05, 4.69) is 17.1 Å². The van der Waals surface area contributed by atoms with Gasteiger partial charge >= 0.3 is 0 Å². The lowest BCUT2D eigenvalue weighted by atomic mass is 10.0. The summed E-state index contributed by atoms with van der Waals surface area (Å²) in [5, 5.41) is 3.35. The number of rotatable bonds is 5. The van der Waals surface area contributed by atoms with Crippen LogP contribution in [0.2, 0.25) is 5.02 Å². The van der Waals surface area contributed by atoms with Gasteiger partial charge in [0, 0.05) is 30.8 Å². The smallest absolute Gasteiger partial charge is 0.243 e. The van der Waals surface area contributed by atoms with Crippen molar-refractivity contribution in [3.8, 4) is 0 Å². The molecule has 26 heavy (non-hydrogen) atoms. The van der Waals surface area contributed by atoms with Crippen molar-refractivity contribution in [1.29, 1.82) is 0 Å². The van der Waals surface area contributed by atoms with E-state index in [4.69, 9.17) is 23.8 Å². The second-order valence-corrected chi connectivity index (χ2v) is 8.60. The van der Waals surface area contributed by atoms with Crippen molar-refractivity contribution in [2.45, 2.75) is 19.8 Å². The molecule has 8 heteroatoms. The fourth-order valence-corrected chi connectivity index (χ4v) is 4.00. The van der Waals surface area contributed by atoms with Crippen LogP contribution in [0.4, 0.5) is 5.69 Å². The minimum absolute atomic E-state index is 0.00443. The third-order valence-electron chi connectivity index (χ3n) is 4.17. The Balaban J connectivity index is 1.73. The van der Waals surface area contributed by atoms with Crippen LogP contribution in [0.3, 0.4) is 0 Å². The molecule has 1 aliphatic rings. The van der Waals surface area contributed by atoms with Crippen LogP contribution >= 0.6 is 35.6 Å². The molecule has 1 saturated heterocycles. The summed E-state index contributed by atoms with van der Waals surface area (Å²) >= 11 is 12.6. The number of thiocarbonyl (C=S) groups is 1. The molecule has 1 aliphatic heterocycles. The van der Waals surface area contributed by atoms with E-state index in [0.29, 0.717) is 16.6 Å². The molecule has 1 aromatic carbocycles. The molecule has 5 nitrogen and oxygen atoms in total. The average molecular weight is 414 g/mol. The largest absolute Gasteiger partial charge is 0.357 e. The maximum absolute atomic E-state index is 12.3. The molecule has 142 valence electrons. The van der Waals surface area contributed by atoms with Crippen LogP contribution < -0.4 is 5.32 Å². The topological polar surface area (TPSA) is 52.7 Å². The van der Waals surface area contributed by atoms with Gasteiger partial charge in [-0.25, -0.2) is 0 Å². The summed E-state index contributed by atoms with van der Waals surface area (Å²) in [6.45, 7) is 4.14. The van der Waals surface area contributed by atoms with Crippen molar-refractivity contribution in [2.24, 2.45) is 5.92 Å². The lowest BCUT2D eigenvalue weighted by molar-refractivity contribution is -0.131. The summed E-state index contributed by atoms with van der Waals surface area (Å²) in [5.41, 5.74) is 0.648. The van der Waals surface area contributed by atoms with Gasteiger partial charge in [0.15, 0.2) is 0 Å². The number of hydrogen-bond acceptors (Lipinski definition) is 4. The maximum atomic E-state index is 12.3. The lowest BCUT2D eigenvalue weighted by Gasteiger charge is -2.32. The number of piperidine rings is 1. The number of nitrogens with zero attached hydrogens (tertiary/aromatic N) is 2. The molecule has 0 unspecified atom stereocenters. The number of hydrogen-bond donors (Lipinski definition) is 1. The van der Waals surface area contributed by atoms with E-state index in [0.717, 1.165) is 23.8 Å². The molecule has 0 aromatic heterocycles. The van der Waals surface area contributed by atoms with E-state index in [-0.39, 0.29) is 24.1 Å². The number of carbonyl (C=O) groups excluding carboxylic acids is 2. The van der Waals surface area contributed by atoms with Gasteiger partial charge in [-0.2, -0.15) is 0 Å². The number of likely N-dealkylation sites (tertiary alicyclic amines) is 1. The Hall–Kier alpha value is -1.31. The molecule has 2 amide bonds. The van der Waals surface area contributed by atoms with Crippen LogP contribution in [-0.4, -0.2) is 58.4 Å². The first-order valence-corrected chi connectivity index (χ1v) is 10.3. The number of halogens is 1. The molecule has 1 N–H and O–H groups in total. The summed E-state index contributed by atoms with van der Waals surface area (Å²) in [6, 6.07) is 6.84. The third kappa shape index (κ3) is 6.78. The normalized spacial score (nSPS) is 16.9. The van der Waals surface area contributed by atoms with Gasteiger partial charge < -0.3 is 15.1 Å². The summed E-state index contributed by atoms with van der Waals surface area (Å²) < 4.78 is 0.768. The zero-order valence-corrected chi connectivity index (χ0v) is 17.4. The zero-order valence-electron chi connectivity index (χ0n) is 15.0. The number of thioether (sulfide) groups is 1. The van der Waals surface area contributed by atoms with Crippen LogP contribution in [0.5, 0.6) is 0 Å². The average Bonchev–Trinajstić information content (AvgIpc) is 2.61. The second-order valence-electron chi connectivity index (χ2n) is 6.55. The Bertz CT molecular complexity index is 654. The van der Waals surface area contributed by atoms with Gasteiger partial charge in [-0.3, -0.25) is 9.59 Å². The summed E-state index contributed by atoms with van der Waals surface area (Å²) in [5.74, 6) is 0.514. The Labute approximate surface area is 169 Å². The Morgan fingerprint density at radius 1 is 1.38 bits per heavy atom. The van der Waals surface area contributed by atoms with Crippen molar-refractivity contribution < 1.29 is 9.59 Å². The molecule has 1 aromatic rings. The highest BCUT2D eigenvalue weighted by molar-refractivity contribution is 8.23. The van der Waals surface area contributed by atoms with E-state index >= 15 is 0 Å². The lowest BCUT2D eigenvalue weighted by Crippen LogP contribution is -2.39. The van der Waals surface area contributed by atoms with Gasteiger partial charge in [-0.1, -0.05) is 42.5 Å². The highest BCUT2D eigenvalue weighted by Crippen LogP contribution is 2.20. The van der Waals surface area contributed by atoms with Gasteiger partial charge in [0.25, 0.3) is 0 Å². The predicted octanol–water partition coefficient (Wildman–Crippen LogP) is 3.49. The molecule has 1 heterocycles. The van der Waals surface area contributed by atoms with Crippen molar-refractivity contribution in [2.75, 3.05) is 37.8 Å². The van der Waals surface area contributed by atoms with Gasteiger partial charge in [-0.15, -0.1) is 0 Å². The molecule has 1 fully saturated rings. The van der Waals surface area contributed by atoms with Crippen molar-refractivity contribution in [3.63, 3.8) is 0 Å². The third-order valence-corrected chi connectivity index (χ3v) is 5.93. The van der Waals surface area contributed by atoms with Crippen LogP contribution in [0.1, 0.15) is 19.8 Å². The number of likely N-dealkylation sites (N-methyl/N-ethyl adjacent to an activating group) is 1. The zero-order chi connectivity index (χ0) is 19.1. The van der Waals surface area contributed by atoms with E-state index in [1.807, 2.05) is 0 Å². The first-order valence-electron chi connectivity index (χ1n) is 8.56. The van der Waals surface area contributed by atoms with Crippen molar-refractivity contribution in [1.82, 2.24) is 9.80 Å². The fourth-order valence-electron chi connectivity index (χ4n) is 2.72. The number of anilines is 1. The minimum Gasteiger partial charge on any atom is -0.357 e. The first-order chi connectivity index (χ1) is 12.3. The van der Waals surface area contributed by atoms with Gasteiger partial charge in [0.1, 0.15) is 4.32 Å². The summed E-state index contributed by atoms with van der Waals surface area (Å²) in [7, 11) is 1.62. The Morgan fingerprint density at radius 2 is 2.08 bits per heavy atom. The quantitative estimate of drug-likeness (QED) is 0.749. The van der Waals surface area contributed by atoms with Gasteiger partial charge in [0.2, 0.25) is 11.8 Å². The van der Waals surface area contributed by atoms with Crippen molar-refractivity contribution in [3.05, 3.63) is 29.3 Å². The molecule has 0 spiro atoms. The number of nitrogens with one attached hydrogen (secondary N) is 1. The Morgan fingerprint density at radius 3 is 2.73 bits per heavy atom. The van der Waals surface area contributed by atoms with E-state index in [1.54, 1.807) is 31.3 Å². The number of amides is 2.